The molecule has 2 N–H and O–H groups in total. The molecule has 6 heteroatoms. The number of phenols is 1. The number of benzene rings is 4. The number of hydrogen-bond acceptors (Lipinski definition) is 6. The molecule has 1 fully saturated rings. The van der Waals surface area contributed by atoms with Crippen molar-refractivity contribution in [2.24, 2.45) is 0 Å². The molecule has 4 aromatic carbocycles. The highest BCUT2D eigenvalue weighted by Gasteiger charge is 2.27. The van der Waals surface area contributed by atoms with E-state index in [1.807, 2.05) is 48.5 Å². The molecule has 37 heavy (non-hydrogen) atoms. The van der Waals surface area contributed by atoms with Crippen LogP contribution in [0.15, 0.2) is 84.9 Å². The van der Waals surface area contributed by atoms with Crippen LogP contribution in [-0.2, 0) is 22.7 Å². The molecule has 0 saturated carbocycles. The molecular formula is C31H31NO5. The largest absolute Gasteiger partial charge is 0.507 e. The summed E-state index contributed by atoms with van der Waals surface area (Å²) < 4.78 is 17.0. The zero-order valence-corrected chi connectivity index (χ0v) is 20.9. The van der Waals surface area contributed by atoms with Gasteiger partial charge in [-0.2, -0.15) is 0 Å². The van der Waals surface area contributed by atoms with Crippen molar-refractivity contribution in [3.8, 4) is 11.5 Å². The van der Waals surface area contributed by atoms with Crippen LogP contribution in [0.1, 0.15) is 39.4 Å². The number of carbonyl (C=O) groups excluding carboxylic acids is 1. The van der Waals surface area contributed by atoms with Gasteiger partial charge in [-0.3, -0.25) is 0 Å². The summed E-state index contributed by atoms with van der Waals surface area (Å²) in [6, 6.07) is 26.9. The highest BCUT2D eigenvalue weighted by molar-refractivity contribution is 5.90. The molecule has 1 heterocycles. The molecule has 190 valence electrons. The SMILES string of the molecule is COc1cccc(C(=O)OCc2ccc([C@H]3CCNC[C@@H]3OCc3ccc4ccccc4c3O)cc2)c1. The lowest BCUT2D eigenvalue weighted by Gasteiger charge is -2.32. The van der Waals surface area contributed by atoms with Gasteiger partial charge in [0.2, 0.25) is 0 Å². The molecule has 1 aliphatic heterocycles. The lowest BCUT2D eigenvalue weighted by atomic mass is 9.87. The number of phenolic OH excluding ortho intramolecular Hbond substituents is 1. The van der Waals surface area contributed by atoms with E-state index in [9.17, 15) is 9.90 Å². The van der Waals surface area contributed by atoms with Crippen molar-refractivity contribution < 1.29 is 24.1 Å². The van der Waals surface area contributed by atoms with Crippen LogP contribution < -0.4 is 10.1 Å². The van der Waals surface area contributed by atoms with E-state index in [1.165, 1.54) is 5.56 Å². The second-order valence-electron chi connectivity index (χ2n) is 9.29. The first kappa shape index (κ1) is 24.8. The van der Waals surface area contributed by atoms with Crippen molar-refractivity contribution >= 4 is 16.7 Å². The fourth-order valence-electron chi connectivity index (χ4n) is 4.84. The Hall–Kier alpha value is -3.87. The summed E-state index contributed by atoms with van der Waals surface area (Å²) >= 11 is 0. The maximum atomic E-state index is 12.4. The summed E-state index contributed by atoms with van der Waals surface area (Å²) in [6.07, 6.45) is 0.940. The van der Waals surface area contributed by atoms with Gasteiger partial charge in [-0.15, -0.1) is 0 Å². The van der Waals surface area contributed by atoms with Crippen LogP contribution in [-0.4, -0.2) is 37.4 Å². The quantitative estimate of drug-likeness (QED) is 0.310. The molecule has 0 amide bonds. The van der Waals surface area contributed by atoms with E-state index >= 15 is 0 Å². The van der Waals surface area contributed by atoms with Gasteiger partial charge in [0, 0.05) is 23.4 Å². The minimum absolute atomic E-state index is 0.0173. The van der Waals surface area contributed by atoms with Gasteiger partial charge in [-0.25, -0.2) is 4.79 Å². The molecule has 2 atom stereocenters. The highest BCUT2D eigenvalue weighted by Crippen LogP contribution is 2.32. The first-order chi connectivity index (χ1) is 18.1. The zero-order chi connectivity index (χ0) is 25.6. The highest BCUT2D eigenvalue weighted by atomic mass is 16.5. The Morgan fingerprint density at radius 3 is 2.65 bits per heavy atom. The van der Waals surface area contributed by atoms with Crippen LogP contribution in [0.3, 0.4) is 0 Å². The van der Waals surface area contributed by atoms with Crippen molar-refractivity contribution in [3.05, 3.63) is 107 Å². The van der Waals surface area contributed by atoms with Gasteiger partial charge >= 0.3 is 5.97 Å². The Bertz CT molecular complexity index is 1370. The summed E-state index contributed by atoms with van der Waals surface area (Å²) in [5.41, 5.74) is 3.36. The van der Waals surface area contributed by atoms with Crippen molar-refractivity contribution in [1.82, 2.24) is 5.32 Å². The van der Waals surface area contributed by atoms with Crippen molar-refractivity contribution in [2.45, 2.75) is 31.7 Å². The Morgan fingerprint density at radius 2 is 1.81 bits per heavy atom. The molecule has 5 rings (SSSR count). The summed E-state index contributed by atoms with van der Waals surface area (Å²) in [4.78, 5) is 12.4. The van der Waals surface area contributed by atoms with E-state index < -0.39 is 0 Å². The molecule has 4 aromatic rings. The lowest BCUT2D eigenvalue weighted by Crippen LogP contribution is -2.41. The van der Waals surface area contributed by atoms with Gasteiger partial charge in [-0.05, 0) is 47.7 Å². The minimum Gasteiger partial charge on any atom is -0.507 e. The first-order valence-electron chi connectivity index (χ1n) is 12.5. The summed E-state index contributed by atoms with van der Waals surface area (Å²) in [5.74, 6) is 0.753. The fourth-order valence-corrected chi connectivity index (χ4v) is 4.84. The predicted octanol–water partition coefficient (Wildman–Crippen LogP) is 5.57. The number of ether oxygens (including phenoxy) is 3. The molecule has 0 unspecified atom stereocenters. The van der Waals surface area contributed by atoms with Crippen LogP contribution in [0.2, 0.25) is 0 Å². The van der Waals surface area contributed by atoms with E-state index in [2.05, 4.69) is 17.4 Å². The van der Waals surface area contributed by atoms with Crippen molar-refractivity contribution in [3.63, 3.8) is 0 Å². The third-order valence-corrected chi connectivity index (χ3v) is 6.95. The molecule has 0 aromatic heterocycles. The van der Waals surface area contributed by atoms with Crippen molar-refractivity contribution in [1.29, 1.82) is 0 Å². The lowest BCUT2D eigenvalue weighted by molar-refractivity contribution is 0.00992. The van der Waals surface area contributed by atoms with Gasteiger partial charge in [-0.1, -0.05) is 66.7 Å². The number of methoxy groups -OCH3 is 1. The van der Waals surface area contributed by atoms with Crippen LogP contribution >= 0.6 is 0 Å². The predicted molar refractivity (Wildman–Crippen MR) is 143 cm³/mol. The van der Waals surface area contributed by atoms with Crippen molar-refractivity contribution in [2.75, 3.05) is 20.2 Å². The maximum absolute atomic E-state index is 12.4. The number of rotatable bonds is 8. The second-order valence-corrected chi connectivity index (χ2v) is 9.29. The molecule has 0 bridgehead atoms. The molecule has 1 aliphatic rings. The van der Waals surface area contributed by atoms with Gasteiger partial charge in [0.1, 0.15) is 18.1 Å². The van der Waals surface area contributed by atoms with E-state index in [1.54, 1.807) is 31.4 Å². The number of piperidine rings is 1. The van der Waals surface area contributed by atoms with E-state index in [0.717, 1.165) is 41.4 Å². The number of aromatic hydroxyl groups is 1. The molecule has 0 radical (unpaired) electrons. The Kier molecular flexibility index (Phi) is 7.68. The standard InChI is InChI=1S/C31H31NO5/c1-35-26-7-4-6-24(17-26)31(34)37-19-21-9-11-23(12-10-21)27-15-16-32-18-29(27)36-20-25-14-13-22-5-2-3-8-28(22)30(25)33/h2-14,17,27,29,32-33H,15-16,18-20H2,1H3/t27-,29+/m1/s1. The Labute approximate surface area is 216 Å². The molecule has 1 saturated heterocycles. The monoisotopic (exact) mass is 497 g/mol. The minimum atomic E-state index is -0.383. The normalized spacial score (nSPS) is 17.4. The number of esters is 1. The average molecular weight is 498 g/mol. The molecule has 0 spiro atoms. The Balaban J connectivity index is 1.21. The second kappa shape index (κ2) is 11.5. The molecular weight excluding hydrogens is 466 g/mol. The summed E-state index contributed by atoms with van der Waals surface area (Å²) in [5, 5.41) is 16.0. The van der Waals surface area contributed by atoms with E-state index in [-0.39, 0.29) is 30.3 Å². The van der Waals surface area contributed by atoms with Crippen LogP contribution in [0, 0.1) is 0 Å². The zero-order valence-electron chi connectivity index (χ0n) is 20.9. The smallest absolute Gasteiger partial charge is 0.338 e. The van der Waals surface area contributed by atoms with Gasteiger partial charge in [0.15, 0.2) is 0 Å². The van der Waals surface area contributed by atoms with E-state index in [0.29, 0.717) is 17.9 Å². The first-order valence-corrected chi connectivity index (χ1v) is 12.5. The number of fused-ring (bicyclic) bond motifs is 1. The third kappa shape index (κ3) is 5.77. The maximum Gasteiger partial charge on any atom is 0.338 e. The van der Waals surface area contributed by atoms with Crippen LogP contribution in [0.5, 0.6) is 11.5 Å². The number of hydrogen-bond donors (Lipinski definition) is 2. The fraction of sp³-hybridized carbons (Fsp3) is 0.258. The van der Waals surface area contributed by atoms with Crippen LogP contribution in [0.4, 0.5) is 0 Å². The van der Waals surface area contributed by atoms with E-state index in [4.69, 9.17) is 14.2 Å². The third-order valence-electron chi connectivity index (χ3n) is 6.95. The average Bonchev–Trinajstić information content (AvgIpc) is 2.96. The summed E-state index contributed by atoms with van der Waals surface area (Å²) in [6.45, 7) is 2.21. The molecule has 0 aliphatic carbocycles. The van der Waals surface area contributed by atoms with Gasteiger partial charge in [0.05, 0.1) is 25.4 Å². The Morgan fingerprint density at radius 1 is 0.973 bits per heavy atom. The number of nitrogens with one attached hydrogen (secondary N) is 1. The molecule has 6 nitrogen and oxygen atoms in total. The topological polar surface area (TPSA) is 77.0 Å². The van der Waals surface area contributed by atoms with Gasteiger partial charge < -0.3 is 24.6 Å². The van der Waals surface area contributed by atoms with Crippen LogP contribution in [0.25, 0.3) is 10.8 Å². The summed E-state index contributed by atoms with van der Waals surface area (Å²) in [7, 11) is 1.57. The number of carbonyl (C=O) groups is 1. The van der Waals surface area contributed by atoms with Gasteiger partial charge in [0.25, 0.3) is 0 Å².